The molecule has 0 bridgehead atoms. The van der Waals surface area contributed by atoms with E-state index in [1.807, 2.05) is 0 Å². The average molecular weight is 366 g/mol. The quantitative estimate of drug-likeness (QED) is 0.529. The Kier molecular flexibility index (Phi) is 3.96. The summed E-state index contributed by atoms with van der Waals surface area (Å²) >= 11 is 0. The van der Waals surface area contributed by atoms with Crippen LogP contribution in [0, 0.1) is 0 Å². The van der Waals surface area contributed by atoms with Gasteiger partial charge < -0.3 is 19.6 Å². The first-order chi connectivity index (χ1) is 13.1. The van der Waals surface area contributed by atoms with Crippen LogP contribution in [0.25, 0.3) is 16.6 Å². The van der Waals surface area contributed by atoms with E-state index in [9.17, 15) is 14.7 Å². The van der Waals surface area contributed by atoms with Gasteiger partial charge in [-0.3, -0.25) is 4.79 Å². The molecule has 3 heterocycles. The fraction of sp³-hybridized carbons (Fsp3) is 0.111. The second-order valence-corrected chi connectivity index (χ2v) is 5.71. The lowest BCUT2D eigenvalue weighted by molar-refractivity contribution is 0.0601. The van der Waals surface area contributed by atoms with Crippen LogP contribution in [0.15, 0.2) is 47.3 Å². The molecule has 9 nitrogen and oxygen atoms in total. The second-order valence-electron chi connectivity index (χ2n) is 5.71. The number of benzene rings is 1. The second kappa shape index (κ2) is 6.45. The van der Waals surface area contributed by atoms with Gasteiger partial charge in [0.2, 0.25) is 0 Å². The molecule has 0 spiro atoms. The van der Waals surface area contributed by atoms with E-state index in [0.717, 1.165) is 0 Å². The molecule has 1 aromatic carbocycles. The molecule has 4 rings (SSSR count). The zero-order chi connectivity index (χ0) is 19.0. The van der Waals surface area contributed by atoms with Crippen molar-refractivity contribution in [1.29, 1.82) is 0 Å². The number of methoxy groups -OCH3 is 1. The molecule has 0 fully saturated rings. The number of nitrogens with one attached hydrogen (secondary N) is 1. The summed E-state index contributed by atoms with van der Waals surface area (Å²) in [5.41, 5.74) is 1.15. The summed E-state index contributed by atoms with van der Waals surface area (Å²) in [6, 6.07) is 6.07. The number of ether oxygens (including phenoxy) is 1. The molecule has 136 valence electrons. The van der Waals surface area contributed by atoms with E-state index in [2.05, 4.69) is 15.4 Å². The number of nitrogens with zero attached hydrogens (tertiary/aromatic N) is 3. The minimum Gasteiger partial charge on any atom is -0.507 e. The standard InChI is InChI=1S/C18H14N4O5/c1-26-18(25)11-3-4-14(23)12-7-10(27-15(11)12)8-20-17(24)13-9-21-22-6-2-5-19-16(13)22/h2-7,9,23H,8H2,1H3,(H,20,24). The molecule has 0 unspecified atom stereocenters. The van der Waals surface area contributed by atoms with Crippen LogP contribution < -0.4 is 5.32 Å². The van der Waals surface area contributed by atoms with Gasteiger partial charge in [0.1, 0.15) is 22.6 Å². The smallest absolute Gasteiger partial charge is 0.341 e. The number of carbonyl (C=O) groups excluding carboxylic acids is 2. The summed E-state index contributed by atoms with van der Waals surface area (Å²) in [5.74, 6) is -0.621. The third kappa shape index (κ3) is 2.84. The Morgan fingerprint density at radius 3 is 3.00 bits per heavy atom. The SMILES string of the molecule is COC(=O)c1ccc(O)c2cc(CNC(=O)c3cnn4cccnc34)oc12. The topological polar surface area (TPSA) is 119 Å². The van der Waals surface area contributed by atoms with Crippen LogP contribution in [-0.2, 0) is 11.3 Å². The summed E-state index contributed by atoms with van der Waals surface area (Å²) in [6.45, 7) is 0.0533. The molecular weight excluding hydrogens is 352 g/mol. The van der Waals surface area contributed by atoms with Gasteiger partial charge in [0.05, 0.1) is 25.2 Å². The Bertz CT molecular complexity index is 1180. The molecule has 0 radical (unpaired) electrons. The number of hydrogen-bond donors (Lipinski definition) is 2. The molecule has 0 aliphatic heterocycles. The number of carbonyl (C=O) groups is 2. The van der Waals surface area contributed by atoms with Crippen molar-refractivity contribution in [2.75, 3.05) is 7.11 Å². The molecule has 27 heavy (non-hydrogen) atoms. The maximum absolute atomic E-state index is 12.4. The minimum absolute atomic E-state index is 0.0363. The molecule has 4 aromatic rings. The van der Waals surface area contributed by atoms with Crippen molar-refractivity contribution in [2.45, 2.75) is 6.54 Å². The summed E-state index contributed by atoms with van der Waals surface area (Å²) in [5, 5.41) is 17.1. The Hall–Kier alpha value is -3.88. The van der Waals surface area contributed by atoms with Gasteiger partial charge in [0.15, 0.2) is 11.2 Å². The zero-order valence-corrected chi connectivity index (χ0v) is 14.2. The predicted octanol–water partition coefficient (Wildman–Crippen LogP) is 1.90. The molecular formula is C18H14N4O5. The number of esters is 1. The lowest BCUT2D eigenvalue weighted by Crippen LogP contribution is -2.22. The van der Waals surface area contributed by atoms with Crippen LogP contribution >= 0.6 is 0 Å². The Morgan fingerprint density at radius 2 is 2.19 bits per heavy atom. The lowest BCUT2D eigenvalue weighted by atomic mass is 10.1. The highest BCUT2D eigenvalue weighted by Gasteiger charge is 2.19. The van der Waals surface area contributed by atoms with E-state index in [0.29, 0.717) is 22.4 Å². The Balaban J connectivity index is 1.59. The maximum Gasteiger partial charge on any atom is 0.341 e. The van der Waals surface area contributed by atoms with Gasteiger partial charge in [-0.25, -0.2) is 14.3 Å². The lowest BCUT2D eigenvalue weighted by Gasteiger charge is -2.02. The first-order valence-electron chi connectivity index (χ1n) is 7.97. The number of phenolic OH excluding ortho intramolecular Hbond substituents is 1. The van der Waals surface area contributed by atoms with Crippen molar-refractivity contribution >= 4 is 28.5 Å². The van der Waals surface area contributed by atoms with E-state index in [1.54, 1.807) is 24.5 Å². The zero-order valence-electron chi connectivity index (χ0n) is 14.2. The van der Waals surface area contributed by atoms with Crippen LogP contribution in [0.2, 0.25) is 0 Å². The maximum atomic E-state index is 12.4. The summed E-state index contributed by atoms with van der Waals surface area (Å²) in [7, 11) is 1.26. The monoisotopic (exact) mass is 366 g/mol. The normalized spacial score (nSPS) is 11.0. The summed E-state index contributed by atoms with van der Waals surface area (Å²) in [6.07, 6.45) is 4.69. The molecule has 0 saturated carbocycles. The van der Waals surface area contributed by atoms with Crippen LogP contribution in [0.3, 0.4) is 0 Å². The number of hydrogen-bond acceptors (Lipinski definition) is 7. The highest BCUT2D eigenvalue weighted by atomic mass is 16.5. The van der Waals surface area contributed by atoms with Crippen LogP contribution in [0.5, 0.6) is 5.75 Å². The fourth-order valence-corrected chi connectivity index (χ4v) is 2.77. The molecule has 9 heteroatoms. The first-order valence-corrected chi connectivity index (χ1v) is 7.97. The Morgan fingerprint density at radius 1 is 1.33 bits per heavy atom. The van der Waals surface area contributed by atoms with Gasteiger partial charge in [-0.1, -0.05) is 0 Å². The van der Waals surface area contributed by atoms with E-state index in [4.69, 9.17) is 9.15 Å². The van der Waals surface area contributed by atoms with E-state index in [-0.39, 0.29) is 29.3 Å². The molecule has 1 amide bonds. The first kappa shape index (κ1) is 16.6. The number of aromatic hydroxyl groups is 1. The summed E-state index contributed by atoms with van der Waals surface area (Å²) in [4.78, 5) is 28.4. The van der Waals surface area contributed by atoms with Crippen molar-refractivity contribution < 1.29 is 23.8 Å². The van der Waals surface area contributed by atoms with Crippen molar-refractivity contribution in [1.82, 2.24) is 19.9 Å². The van der Waals surface area contributed by atoms with Crippen molar-refractivity contribution in [3.05, 3.63) is 59.7 Å². The van der Waals surface area contributed by atoms with Gasteiger partial charge in [0.25, 0.3) is 5.91 Å². The third-order valence-electron chi connectivity index (χ3n) is 4.06. The third-order valence-corrected chi connectivity index (χ3v) is 4.06. The van der Waals surface area contributed by atoms with E-state index in [1.165, 1.54) is 30.0 Å². The van der Waals surface area contributed by atoms with Gasteiger partial charge in [-0.2, -0.15) is 5.10 Å². The Labute approximate surface area is 152 Å². The molecule has 3 aromatic heterocycles. The molecule has 0 aliphatic carbocycles. The van der Waals surface area contributed by atoms with E-state index < -0.39 is 5.97 Å². The summed E-state index contributed by atoms with van der Waals surface area (Å²) < 4.78 is 11.9. The molecule has 2 N–H and O–H groups in total. The molecule has 0 aliphatic rings. The van der Waals surface area contributed by atoms with Gasteiger partial charge in [-0.05, 0) is 24.3 Å². The highest BCUT2D eigenvalue weighted by Crippen LogP contribution is 2.31. The van der Waals surface area contributed by atoms with Crippen LogP contribution in [-0.4, -0.2) is 38.7 Å². The average Bonchev–Trinajstić information content (AvgIpc) is 3.31. The number of furan rings is 1. The van der Waals surface area contributed by atoms with Crippen LogP contribution in [0.1, 0.15) is 26.5 Å². The molecule has 0 atom stereocenters. The van der Waals surface area contributed by atoms with Gasteiger partial charge in [0, 0.05) is 12.4 Å². The van der Waals surface area contributed by atoms with Crippen molar-refractivity contribution in [3.63, 3.8) is 0 Å². The van der Waals surface area contributed by atoms with Crippen molar-refractivity contribution in [2.24, 2.45) is 0 Å². The predicted molar refractivity (Wildman–Crippen MR) is 93.4 cm³/mol. The van der Waals surface area contributed by atoms with Crippen LogP contribution in [0.4, 0.5) is 0 Å². The van der Waals surface area contributed by atoms with Gasteiger partial charge in [-0.15, -0.1) is 0 Å². The van der Waals surface area contributed by atoms with Gasteiger partial charge >= 0.3 is 5.97 Å². The van der Waals surface area contributed by atoms with Crippen molar-refractivity contribution in [3.8, 4) is 5.75 Å². The number of phenols is 1. The number of amides is 1. The number of aromatic nitrogens is 3. The minimum atomic E-state index is -0.581. The highest BCUT2D eigenvalue weighted by molar-refractivity contribution is 6.04. The fourth-order valence-electron chi connectivity index (χ4n) is 2.77. The number of fused-ring (bicyclic) bond motifs is 2. The number of rotatable bonds is 4. The largest absolute Gasteiger partial charge is 0.507 e. The molecule has 0 saturated heterocycles. The van der Waals surface area contributed by atoms with E-state index >= 15 is 0 Å².